The normalized spacial score (nSPS) is 20.4. The molecule has 1 aromatic heterocycles. The van der Waals surface area contributed by atoms with Crippen LogP contribution in [0.25, 0.3) is 0 Å². The molecule has 0 aromatic carbocycles. The van der Waals surface area contributed by atoms with Crippen LogP contribution < -0.4 is 5.32 Å². The first-order chi connectivity index (χ1) is 10.3. The van der Waals surface area contributed by atoms with E-state index < -0.39 is 0 Å². The fraction of sp³-hybridized carbons (Fsp3) is 0.647. The summed E-state index contributed by atoms with van der Waals surface area (Å²) in [5, 5.41) is 22.7. The average molecular weight is 285 g/mol. The number of rotatable bonds is 3. The highest BCUT2D eigenvalue weighted by Crippen LogP contribution is 2.33. The molecule has 4 nitrogen and oxygen atoms in total. The van der Waals surface area contributed by atoms with E-state index in [-0.39, 0.29) is 12.1 Å². The fourth-order valence-electron chi connectivity index (χ4n) is 3.62. The Morgan fingerprint density at radius 1 is 1.19 bits per heavy atom. The van der Waals surface area contributed by atoms with Crippen molar-refractivity contribution in [3.05, 3.63) is 22.9 Å². The van der Waals surface area contributed by atoms with Crippen LogP contribution in [-0.2, 0) is 12.8 Å². The molecule has 0 spiro atoms. The van der Waals surface area contributed by atoms with E-state index in [0.717, 1.165) is 44.2 Å². The summed E-state index contributed by atoms with van der Waals surface area (Å²) < 4.78 is 0. The molecule has 0 unspecified atom stereocenters. The predicted molar refractivity (Wildman–Crippen MR) is 82.1 cm³/mol. The molecule has 3 rings (SSSR count). The van der Waals surface area contributed by atoms with Gasteiger partial charge in [-0.25, -0.2) is 4.98 Å². The van der Waals surface area contributed by atoms with Gasteiger partial charge in [0, 0.05) is 5.69 Å². The van der Waals surface area contributed by atoms with Crippen molar-refractivity contribution in [2.24, 2.45) is 0 Å². The Bertz CT molecular complexity index is 556. The molecule has 1 heterocycles. The lowest BCUT2D eigenvalue weighted by Crippen LogP contribution is -2.44. The monoisotopic (exact) mass is 285 g/mol. The molecule has 2 aliphatic carbocycles. The summed E-state index contributed by atoms with van der Waals surface area (Å²) in [5.41, 5.74) is 2.69. The van der Waals surface area contributed by atoms with Gasteiger partial charge >= 0.3 is 0 Å². The van der Waals surface area contributed by atoms with Gasteiger partial charge in [0.05, 0.1) is 17.7 Å². The summed E-state index contributed by atoms with van der Waals surface area (Å²) in [5.74, 6) is 0.675. The van der Waals surface area contributed by atoms with Crippen molar-refractivity contribution in [2.75, 3.05) is 11.9 Å². The molecule has 0 radical (unpaired) electrons. The molecule has 1 fully saturated rings. The minimum atomic E-state index is -0.292. The number of nitrogens with one attached hydrogen (secondary N) is 1. The van der Waals surface area contributed by atoms with Gasteiger partial charge in [0.25, 0.3) is 0 Å². The van der Waals surface area contributed by atoms with Crippen LogP contribution >= 0.6 is 0 Å². The van der Waals surface area contributed by atoms with E-state index in [1.165, 1.54) is 24.8 Å². The van der Waals surface area contributed by atoms with Crippen LogP contribution in [0.1, 0.15) is 61.8 Å². The maximum atomic E-state index is 9.83. The molecule has 0 atom stereocenters. The van der Waals surface area contributed by atoms with E-state index in [1.54, 1.807) is 0 Å². The topological polar surface area (TPSA) is 68.9 Å². The van der Waals surface area contributed by atoms with Gasteiger partial charge in [-0.05, 0) is 50.2 Å². The Balaban J connectivity index is 1.92. The predicted octanol–water partition coefficient (Wildman–Crippen LogP) is 2.94. The lowest BCUT2D eigenvalue weighted by Gasteiger charge is -2.37. The number of pyridine rings is 1. The van der Waals surface area contributed by atoms with E-state index in [2.05, 4.69) is 11.4 Å². The van der Waals surface area contributed by atoms with E-state index in [4.69, 9.17) is 4.98 Å². The third kappa shape index (κ3) is 2.89. The van der Waals surface area contributed by atoms with Crippen molar-refractivity contribution in [1.82, 2.24) is 4.98 Å². The molecule has 2 aliphatic rings. The highest BCUT2D eigenvalue weighted by molar-refractivity contribution is 5.56. The zero-order valence-corrected chi connectivity index (χ0v) is 12.5. The number of fused-ring (bicyclic) bond motifs is 1. The highest BCUT2D eigenvalue weighted by atomic mass is 16.3. The molecule has 21 heavy (non-hydrogen) atoms. The summed E-state index contributed by atoms with van der Waals surface area (Å²) in [6, 6.07) is 4.27. The largest absolute Gasteiger partial charge is 0.394 e. The van der Waals surface area contributed by atoms with Crippen LogP contribution in [0.2, 0.25) is 0 Å². The number of hydrogen-bond donors (Lipinski definition) is 2. The van der Waals surface area contributed by atoms with Crippen molar-refractivity contribution < 1.29 is 5.11 Å². The molecule has 0 bridgehead atoms. The zero-order valence-electron chi connectivity index (χ0n) is 12.5. The van der Waals surface area contributed by atoms with E-state index in [0.29, 0.717) is 11.4 Å². The van der Waals surface area contributed by atoms with E-state index in [1.807, 2.05) is 6.07 Å². The number of aliphatic hydroxyl groups excluding tert-OH is 1. The smallest absolute Gasteiger partial charge is 0.144 e. The van der Waals surface area contributed by atoms with Crippen LogP contribution in [-0.4, -0.2) is 22.2 Å². The minimum absolute atomic E-state index is 0.108. The van der Waals surface area contributed by atoms with Crippen LogP contribution in [0.15, 0.2) is 6.07 Å². The van der Waals surface area contributed by atoms with E-state index in [9.17, 15) is 10.4 Å². The van der Waals surface area contributed by atoms with Crippen LogP contribution in [0.4, 0.5) is 5.82 Å². The van der Waals surface area contributed by atoms with Crippen LogP contribution in [0.5, 0.6) is 0 Å². The van der Waals surface area contributed by atoms with Crippen LogP contribution in [0.3, 0.4) is 0 Å². The second kappa shape index (κ2) is 6.03. The third-order valence-corrected chi connectivity index (χ3v) is 4.92. The Morgan fingerprint density at radius 2 is 1.95 bits per heavy atom. The fourth-order valence-corrected chi connectivity index (χ4v) is 3.62. The number of aliphatic hydroxyl groups is 1. The maximum Gasteiger partial charge on any atom is 0.144 e. The summed E-state index contributed by atoms with van der Waals surface area (Å²) >= 11 is 0. The molecule has 0 aliphatic heterocycles. The SMILES string of the molecule is N#Cc1cc2c(nc1NC1(CO)CCCCC1)CCCC2. The Hall–Kier alpha value is -1.60. The van der Waals surface area contributed by atoms with Crippen molar-refractivity contribution in [2.45, 2.75) is 63.3 Å². The first kappa shape index (κ1) is 14.3. The second-order valence-corrected chi connectivity index (χ2v) is 6.43. The van der Waals surface area contributed by atoms with Gasteiger partial charge in [0.15, 0.2) is 0 Å². The summed E-state index contributed by atoms with van der Waals surface area (Å²) in [6.07, 6.45) is 9.78. The number of aryl methyl sites for hydroxylation is 2. The van der Waals surface area contributed by atoms with Gasteiger partial charge in [0.2, 0.25) is 0 Å². The lowest BCUT2D eigenvalue weighted by atomic mass is 9.82. The van der Waals surface area contributed by atoms with E-state index >= 15 is 0 Å². The Kier molecular flexibility index (Phi) is 4.12. The molecule has 2 N–H and O–H groups in total. The van der Waals surface area contributed by atoms with Crippen molar-refractivity contribution in [3.8, 4) is 6.07 Å². The van der Waals surface area contributed by atoms with Gasteiger partial charge < -0.3 is 10.4 Å². The number of hydrogen-bond acceptors (Lipinski definition) is 4. The second-order valence-electron chi connectivity index (χ2n) is 6.43. The van der Waals surface area contributed by atoms with Gasteiger partial charge in [-0.3, -0.25) is 0 Å². The zero-order chi connectivity index (χ0) is 14.7. The highest BCUT2D eigenvalue weighted by Gasteiger charge is 2.32. The Morgan fingerprint density at radius 3 is 2.67 bits per heavy atom. The van der Waals surface area contributed by atoms with Crippen molar-refractivity contribution in [1.29, 1.82) is 5.26 Å². The minimum Gasteiger partial charge on any atom is -0.394 e. The summed E-state index contributed by atoms with van der Waals surface area (Å²) in [4.78, 5) is 4.73. The molecule has 1 aromatic rings. The lowest BCUT2D eigenvalue weighted by molar-refractivity contribution is 0.172. The standard InChI is InChI=1S/C17H23N3O/c18-11-14-10-13-6-2-3-7-15(13)19-16(14)20-17(12-21)8-4-1-5-9-17/h10,21H,1-9,12H2,(H,19,20). The maximum absolute atomic E-state index is 9.83. The molecular formula is C17H23N3O. The third-order valence-electron chi connectivity index (χ3n) is 4.92. The quantitative estimate of drug-likeness (QED) is 0.896. The number of aromatic nitrogens is 1. The van der Waals surface area contributed by atoms with Crippen molar-refractivity contribution >= 4 is 5.82 Å². The molecule has 112 valence electrons. The van der Waals surface area contributed by atoms with Gasteiger partial charge in [-0.15, -0.1) is 0 Å². The molecule has 1 saturated carbocycles. The molecule has 0 amide bonds. The van der Waals surface area contributed by atoms with Crippen LogP contribution in [0, 0.1) is 11.3 Å². The average Bonchev–Trinajstić information content (AvgIpc) is 2.55. The first-order valence-electron chi connectivity index (χ1n) is 8.08. The molecular weight excluding hydrogens is 262 g/mol. The first-order valence-corrected chi connectivity index (χ1v) is 8.08. The number of anilines is 1. The summed E-state index contributed by atoms with van der Waals surface area (Å²) in [7, 11) is 0. The number of nitrogens with zero attached hydrogens (tertiary/aromatic N) is 2. The van der Waals surface area contributed by atoms with Gasteiger partial charge in [-0.1, -0.05) is 19.3 Å². The molecule has 4 heteroatoms. The number of nitriles is 1. The Labute approximate surface area is 126 Å². The summed E-state index contributed by atoms with van der Waals surface area (Å²) in [6.45, 7) is 0.108. The molecule has 0 saturated heterocycles. The van der Waals surface area contributed by atoms with Gasteiger partial charge in [0.1, 0.15) is 11.9 Å². The van der Waals surface area contributed by atoms with Crippen molar-refractivity contribution in [3.63, 3.8) is 0 Å². The van der Waals surface area contributed by atoms with Gasteiger partial charge in [-0.2, -0.15) is 5.26 Å².